The van der Waals surface area contributed by atoms with Gasteiger partial charge in [0.05, 0.1) is 13.1 Å². The summed E-state index contributed by atoms with van der Waals surface area (Å²) >= 11 is 0. The second-order valence-corrected chi connectivity index (χ2v) is 7.76. The van der Waals surface area contributed by atoms with Crippen LogP contribution in [0.4, 0.5) is 5.69 Å². The number of carbonyl (C=O) groups is 2. The average Bonchev–Trinajstić information content (AvgIpc) is 3.20. The standard InChI is InChI=1S/C24H32N4O2.ClH/c1-3-4-10-15-25-23(29)18-27(22-13-6-5-7-14-22)19-24(30)26(2)28-16-20-11-8-9-12-21(20)17-28;/h5-9,11-14H,3-4,10,15-19H2,1-2H3,(H,25,29);1H. The molecule has 0 unspecified atom stereocenters. The number of benzene rings is 2. The van der Waals surface area contributed by atoms with E-state index in [4.69, 9.17) is 0 Å². The fourth-order valence-corrected chi connectivity index (χ4v) is 3.66. The Morgan fingerprint density at radius 2 is 1.55 bits per heavy atom. The zero-order valence-electron chi connectivity index (χ0n) is 18.4. The van der Waals surface area contributed by atoms with Crippen molar-refractivity contribution >= 4 is 29.9 Å². The number of nitrogens with zero attached hydrogens (tertiary/aromatic N) is 3. The number of amides is 2. The van der Waals surface area contributed by atoms with E-state index in [0.717, 1.165) is 38.0 Å². The van der Waals surface area contributed by atoms with E-state index in [0.29, 0.717) is 6.54 Å². The topological polar surface area (TPSA) is 55.9 Å². The number of likely N-dealkylation sites (N-methyl/N-ethyl adjacent to an activating group) is 1. The first kappa shape index (κ1) is 24.7. The van der Waals surface area contributed by atoms with Gasteiger partial charge < -0.3 is 10.2 Å². The molecule has 0 aliphatic carbocycles. The molecule has 1 aliphatic heterocycles. The van der Waals surface area contributed by atoms with Gasteiger partial charge in [-0.2, -0.15) is 0 Å². The molecular formula is C24H33ClN4O2. The number of halogens is 1. The second kappa shape index (κ2) is 12.3. The third-order valence-electron chi connectivity index (χ3n) is 5.49. The Morgan fingerprint density at radius 3 is 2.16 bits per heavy atom. The maximum absolute atomic E-state index is 13.1. The molecule has 0 saturated heterocycles. The first-order valence-corrected chi connectivity index (χ1v) is 10.7. The molecule has 7 heteroatoms. The Kier molecular flexibility index (Phi) is 9.82. The zero-order chi connectivity index (χ0) is 21.3. The highest BCUT2D eigenvalue weighted by molar-refractivity contribution is 5.86. The number of hydrazine groups is 1. The first-order chi connectivity index (χ1) is 14.6. The first-order valence-electron chi connectivity index (χ1n) is 10.7. The van der Waals surface area contributed by atoms with Gasteiger partial charge in [0.1, 0.15) is 0 Å². The van der Waals surface area contributed by atoms with Crippen molar-refractivity contribution in [3.05, 3.63) is 65.7 Å². The van der Waals surface area contributed by atoms with E-state index in [1.54, 1.807) is 5.01 Å². The molecule has 168 valence electrons. The summed E-state index contributed by atoms with van der Waals surface area (Å²) in [5.74, 6) is -0.0931. The zero-order valence-corrected chi connectivity index (χ0v) is 19.2. The van der Waals surface area contributed by atoms with Crippen molar-refractivity contribution in [1.29, 1.82) is 0 Å². The fourth-order valence-electron chi connectivity index (χ4n) is 3.66. The van der Waals surface area contributed by atoms with Crippen molar-refractivity contribution in [2.75, 3.05) is 31.6 Å². The van der Waals surface area contributed by atoms with Crippen LogP contribution in [-0.4, -0.2) is 48.5 Å². The number of anilines is 1. The summed E-state index contributed by atoms with van der Waals surface area (Å²) in [6, 6.07) is 17.9. The van der Waals surface area contributed by atoms with Gasteiger partial charge in [-0.05, 0) is 29.7 Å². The predicted octanol–water partition coefficient (Wildman–Crippen LogP) is 3.61. The monoisotopic (exact) mass is 444 g/mol. The number of hydrogen-bond acceptors (Lipinski definition) is 4. The Balaban J connectivity index is 0.00000341. The number of nitrogens with one attached hydrogen (secondary N) is 1. The van der Waals surface area contributed by atoms with Crippen LogP contribution in [0.1, 0.15) is 37.3 Å². The van der Waals surface area contributed by atoms with Gasteiger partial charge in [-0.1, -0.05) is 62.2 Å². The van der Waals surface area contributed by atoms with Crippen LogP contribution < -0.4 is 10.2 Å². The number of hydrogen-bond donors (Lipinski definition) is 1. The lowest BCUT2D eigenvalue weighted by atomic mass is 10.1. The lowest BCUT2D eigenvalue weighted by Gasteiger charge is -2.31. The molecule has 2 aromatic rings. The molecule has 2 amide bonds. The van der Waals surface area contributed by atoms with Gasteiger partial charge in [0.15, 0.2) is 0 Å². The van der Waals surface area contributed by atoms with Crippen molar-refractivity contribution in [2.24, 2.45) is 0 Å². The van der Waals surface area contributed by atoms with Gasteiger partial charge in [0.25, 0.3) is 5.91 Å². The fraction of sp³-hybridized carbons (Fsp3) is 0.417. The van der Waals surface area contributed by atoms with Gasteiger partial charge >= 0.3 is 0 Å². The average molecular weight is 445 g/mol. The summed E-state index contributed by atoms with van der Waals surface area (Å²) in [5, 5.41) is 6.70. The molecule has 1 aliphatic rings. The molecule has 1 N–H and O–H groups in total. The molecule has 0 atom stereocenters. The van der Waals surface area contributed by atoms with E-state index >= 15 is 0 Å². The van der Waals surface area contributed by atoms with Crippen LogP contribution in [0, 0.1) is 0 Å². The Morgan fingerprint density at radius 1 is 0.935 bits per heavy atom. The van der Waals surface area contributed by atoms with Gasteiger partial charge in [0, 0.05) is 32.4 Å². The number of rotatable bonds is 10. The number of carbonyl (C=O) groups excluding carboxylic acids is 2. The van der Waals surface area contributed by atoms with Crippen molar-refractivity contribution in [2.45, 2.75) is 39.3 Å². The minimum Gasteiger partial charge on any atom is -0.355 e. The smallest absolute Gasteiger partial charge is 0.256 e. The molecule has 6 nitrogen and oxygen atoms in total. The molecule has 1 heterocycles. The van der Waals surface area contributed by atoms with Crippen molar-refractivity contribution in [1.82, 2.24) is 15.3 Å². The van der Waals surface area contributed by atoms with E-state index in [9.17, 15) is 9.59 Å². The number of unbranched alkanes of at least 4 members (excludes halogenated alkanes) is 2. The normalized spacial score (nSPS) is 12.6. The molecule has 2 aromatic carbocycles. The second-order valence-electron chi connectivity index (χ2n) is 7.76. The summed E-state index contributed by atoms with van der Waals surface area (Å²) in [4.78, 5) is 27.4. The number of fused-ring (bicyclic) bond motifs is 1. The lowest BCUT2D eigenvalue weighted by Crippen LogP contribution is -2.48. The summed E-state index contributed by atoms with van der Waals surface area (Å²) in [6.07, 6.45) is 3.20. The van der Waals surface area contributed by atoms with Gasteiger partial charge in [-0.25, -0.2) is 5.01 Å². The van der Waals surface area contributed by atoms with E-state index in [-0.39, 0.29) is 37.3 Å². The van der Waals surface area contributed by atoms with E-state index < -0.39 is 0 Å². The molecule has 0 spiro atoms. The van der Waals surface area contributed by atoms with E-state index in [1.807, 2.05) is 59.4 Å². The van der Waals surface area contributed by atoms with Crippen LogP contribution in [0.5, 0.6) is 0 Å². The maximum atomic E-state index is 13.1. The molecule has 0 bridgehead atoms. The van der Waals surface area contributed by atoms with Crippen LogP contribution >= 0.6 is 12.4 Å². The molecule has 31 heavy (non-hydrogen) atoms. The lowest BCUT2D eigenvalue weighted by molar-refractivity contribution is -0.145. The highest BCUT2D eigenvalue weighted by atomic mass is 35.5. The van der Waals surface area contributed by atoms with Gasteiger partial charge in [-0.15, -0.1) is 12.4 Å². The molecular weight excluding hydrogens is 412 g/mol. The van der Waals surface area contributed by atoms with Gasteiger partial charge in [0.2, 0.25) is 5.91 Å². The van der Waals surface area contributed by atoms with Crippen LogP contribution in [0.15, 0.2) is 54.6 Å². The highest BCUT2D eigenvalue weighted by Crippen LogP contribution is 2.23. The SMILES string of the molecule is CCCCCNC(=O)CN(CC(=O)N(C)N1Cc2ccccc2C1)c1ccccc1.Cl. The van der Waals surface area contributed by atoms with Crippen LogP contribution in [0.3, 0.4) is 0 Å². The van der Waals surface area contributed by atoms with E-state index in [1.165, 1.54) is 11.1 Å². The van der Waals surface area contributed by atoms with Crippen molar-refractivity contribution in [3.63, 3.8) is 0 Å². The summed E-state index contributed by atoms with van der Waals surface area (Å²) in [6.45, 7) is 4.57. The van der Waals surface area contributed by atoms with Crippen molar-refractivity contribution < 1.29 is 9.59 Å². The molecule has 3 rings (SSSR count). The highest BCUT2D eigenvalue weighted by Gasteiger charge is 2.26. The van der Waals surface area contributed by atoms with Crippen LogP contribution in [0.2, 0.25) is 0 Å². The number of para-hydroxylation sites is 1. The molecule has 0 aromatic heterocycles. The Labute approximate surface area is 191 Å². The summed E-state index contributed by atoms with van der Waals surface area (Å²) in [5.41, 5.74) is 3.37. The molecule has 0 saturated carbocycles. The Bertz CT molecular complexity index is 821. The largest absolute Gasteiger partial charge is 0.355 e. The third kappa shape index (κ3) is 6.97. The van der Waals surface area contributed by atoms with Crippen LogP contribution in [-0.2, 0) is 22.7 Å². The quantitative estimate of drug-likeness (QED) is 0.569. The summed E-state index contributed by atoms with van der Waals surface area (Å²) < 4.78 is 0. The minimum atomic E-state index is -0.0565. The van der Waals surface area contributed by atoms with Crippen LogP contribution in [0.25, 0.3) is 0 Å². The third-order valence-corrected chi connectivity index (χ3v) is 5.49. The maximum Gasteiger partial charge on any atom is 0.256 e. The molecule has 0 fully saturated rings. The summed E-state index contributed by atoms with van der Waals surface area (Å²) in [7, 11) is 1.81. The van der Waals surface area contributed by atoms with Gasteiger partial charge in [-0.3, -0.25) is 14.6 Å². The molecule has 0 radical (unpaired) electrons. The van der Waals surface area contributed by atoms with E-state index in [2.05, 4.69) is 24.4 Å². The predicted molar refractivity (Wildman–Crippen MR) is 127 cm³/mol. The Hall–Kier alpha value is -2.57. The minimum absolute atomic E-state index is 0. The van der Waals surface area contributed by atoms with Crippen molar-refractivity contribution in [3.8, 4) is 0 Å².